The van der Waals surface area contributed by atoms with Gasteiger partial charge < -0.3 is 20.1 Å². The molecule has 8 heteroatoms. The third-order valence-electron chi connectivity index (χ3n) is 4.53. The molecule has 0 aromatic carbocycles. The van der Waals surface area contributed by atoms with E-state index in [1.165, 1.54) is 11.3 Å². The van der Waals surface area contributed by atoms with Crippen molar-refractivity contribution in [3.63, 3.8) is 0 Å². The molecule has 0 radical (unpaired) electrons. The van der Waals surface area contributed by atoms with Crippen molar-refractivity contribution in [2.75, 3.05) is 32.9 Å². The van der Waals surface area contributed by atoms with Crippen LogP contribution in [0.5, 0.6) is 0 Å². The molecular formula is C18H34IN5O2. The van der Waals surface area contributed by atoms with Crippen LogP contribution in [0.1, 0.15) is 43.1 Å². The van der Waals surface area contributed by atoms with E-state index < -0.39 is 0 Å². The number of rotatable bonds is 8. The van der Waals surface area contributed by atoms with Crippen LogP contribution in [0.15, 0.2) is 4.99 Å². The van der Waals surface area contributed by atoms with Crippen LogP contribution in [0.4, 0.5) is 0 Å². The minimum Gasteiger partial charge on any atom is -0.381 e. The maximum atomic E-state index is 5.90. The summed E-state index contributed by atoms with van der Waals surface area (Å²) in [7, 11) is 1.97. The quantitative estimate of drug-likeness (QED) is 0.259. The number of ether oxygens (including phenoxy) is 2. The van der Waals surface area contributed by atoms with Crippen molar-refractivity contribution in [2.24, 2.45) is 12.0 Å². The van der Waals surface area contributed by atoms with E-state index in [4.69, 9.17) is 9.47 Å². The van der Waals surface area contributed by atoms with Crippen molar-refractivity contribution >= 4 is 29.9 Å². The molecule has 0 unspecified atom stereocenters. The standard InChI is InChI=1S/C18H33N5O2.HI/c1-5-19-18(21-13-17-14(2)22-23(4)15(17)3)20-9-6-10-25-16-7-11-24-12-8-16;/h16H,5-13H2,1-4H3,(H2,19,20,21);1H. The molecule has 1 saturated heterocycles. The summed E-state index contributed by atoms with van der Waals surface area (Å²) >= 11 is 0. The Morgan fingerprint density at radius 3 is 2.65 bits per heavy atom. The van der Waals surface area contributed by atoms with Crippen LogP contribution in [0.25, 0.3) is 0 Å². The Balaban J connectivity index is 0.00000338. The predicted molar refractivity (Wildman–Crippen MR) is 115 cm³/mol. The number of nitrogens with zero attached hydrogens (tertiary/aromatic N) is 3. The molecule has 1 aliphatic rings. The van der Waals surface area contributed by atoms with Gasteiger partial charge in [-0.1, -0.05) is 0 Å². The van der Waals surface area contributed by atoms with E-state index in [9.17, 15) is 0 Å². The molecular weight excluding hydrogens is 445 g/mol. The Hall–Kier alpha value is -0.870. The van der Waals surface area contributed by atoms with Crippen LogP contribution < -0.4 is 10.6 Å². The van der Waals surface area contributed by atoms with Crippen molar-refractivity contribution in [3.05, 3.63) is 17.0 Å². The largest absolute Gasteiger partial charge is 0.381 e. The molecule has 2 N–H and O–H groups in total. The molecule has 150 valence electrons. The highest BCUT2D eigenvalue weighted by molar-refractivity contribution is 14.0. The van der Waals surface area contributed by atoms with Gasteiger partial charge in [0, 0.05) is 51.2 Å². The normalized spacial score (nSPS) is 15.6. The number of guanidine groups is 1. The van der Waals surface area contributed by atoms with Crippen LogP contribution in [0.2, 0.25) is 0 Å². The number of aromatic nitrogens is 2. The Bertz CT molecular complexity index is 556. The molecule has 0 saturated carbocycles. The van der Waals surface area contributed by atoms with E-state index >= 15 is 0 Å². The van der Waals surface area contributed by atoms with Crippen molar-refractivity contribution in [3.8, 4) is 0 Å². The van der Waals surface area contributed by atoms with Crippen molar-refractivity contribution in [1.29, 1.82) is 0 Å². The SMILES string of the molecule is CCNC(=NCc1c(C)nn(C)c1C)NCCCOC1CCOCC1.I. The molecule has 1 aromatic rings. The van der Waals surface area contributed by atoms with E-state index in [1.54, 1.807) is 0 Å². The van der Waals surface area contributed by atoms with Gasteiger partial charge in [-0.3, -0.25) is 4.68 Å². The fraction of sp³-hybridized carbons (Fsp3) is 0.778. The van der Waals surface area contributed by atoms with Crippen molar-refractivity contribution in [1.82, 2.24) is 20.4 Å². The average molecular weight is 479 g/mol. The summed E-state index contributed by atoms with van der Waals surface area (Å²) in [4.78, 5) is 4.69. The van der Waals surface area contributed by atoms with Crippen LogP contribution >= 0.6 is 24.0 Å². The molecule has 1 fully saturated rings. The van der Waals surface area contributed by atoms with Gasteiger partial charge in [0.05, 0.1) is 18.3 Å². The molecule has 2 heterocycles. The number of halogens is 1. The zero-order valence-electron chi connectivity index (χ0n) is 16.5. The minimum absolute atomic E-state index is 0. The second-order valence-electron chi connectivity index (χ2n) is 6.43. The summed E-state index contributed by atoms with van der Waals surface area (Å²) in [5.41, 5.74) is 3.41. The first-order chi connectivity index (χ1) is 12.1. The maximum Gasteiger partial charge on any atom is 0.191 e. The van der Waals surface area contributed by atoms with Crippen LogP contribution in [-0.2, 0) is 23.1 Å². The minimum atomic E-state index is 0. The molecule has 7 nitrogen and oxygen atoms in total. The van der Waals surface area contributed by atoms with E-state index in [-0.39, 0.29) is 24.0 Å². The van der Waals surface area contributed by atoms with Crippen LogP contribution in [0, 0.1) is 13.8 Å². The molecule has 26 heavy (non-hydrogen) atoms. The number of nitrogens with one attached hydrogen (secondary N) is 2. The molecule has 1 aromatic heterocycles. The third-order valence-corrected chi connectivity index (χ3v) is 4.53. The summed E-state index contributed by atoms with van der Waals surface area (Å²) in [5.74, 6) is 0.844. The van der Waals surface area contributed by atoms with E-state index in [0.717, 1.165) is 63.8 Å². The van der Waals surface area contributed by atoms with Gasteiger partial charge >= 0.3 is 0 Å². The lowest BCUT2D eigenvalue weighted by molar-refractivity contribution is -0.0320. The van der Waals surface area contributed by atoms with Crippen LogP contribution in [0.3, 0.4) is 0 Å². The molecule has 0 amide bonds. The van der Waals surface area contributed by atoms with Crippen molar-refractivity contribution < 1.29 is 9.47 Å². The summed E-state index contributed by atoms with van der Waals surface area (Å²) in [5, 5.41) is 11.1. The monoisotopic (exact) mass is 479 g/mol. The van der Waals surface area contributed by atoms with Crippen molar-refractivity contribution in [2.45, 2.75) is 52.7 Å². The molecule has 1 aliphatic heterocycles. The lowest BCUT2D eigenvalue weighted by Crippen LogP contribution is -2.38. The zero-order valence-corrected chi connectivity index (χ0v) is 18.8. The molecule has 0 aliphatic carbocycles. The van der Waals surface area contributed by atoms with E-state index in [1.807, 2.05) is 18.7 Å². The third kappa shape index (κ3) is 7.40. The fourth-order valence-corrected chi connectivity index (χ4v) is 2.92. The lowest BCUT2D eigenvalue weighted by atomic mass is 10.1. The van der Waals surface area contributed by atoms with Gasteiger partial charge in [-0.05, 0) is 40.0 Å². The highest BCUT2D eigenvalue weighted by Crippen LogP contribution is 2.13. The average Bonchev–Trinajstić information content (AvgIpc) is 2.85. The molecule has 0 spiro atoms. The number of aryl methyl sites for hydroxylation is 2. The number of hydrogen-bond donors (Lipinski definition) is 2. The van der Waals surface area contributed by atoms with Gasteiger partial charge in [0.25, 0.3) is 0 Å². The maximum absolute atomic E-state index is 5.90. The smallest absolute Gasteiger partial charge is 0.191 e. The first kappa shape index (κ1) is 23.2. The summed E-state index contributed by atoms with van der Waals surface area (Å²) < 4.78 is 13.2. The Morgan fingerprint density at radius 1 is 1.31 bits per heavy atom. The van der Waals surface area contributed by atoms with Gasteiger partial charge in [0.1, 0.15) is 0 Å². The topological polar surface area (TPSA) is 72.7 Å². The van der Waals surface area contributed by atoms with Gasteiger partial charge in [0.2, 0.25) is 0 Å². The van der Waals surface area contributed by atoms with Gasteiger partial charge in [-0.25, -0.2) is 4.99 Å². The zero-order chi connectivity index (χ0) is 18.1. The Morgan fingerprint density at radius 2 is 2.04 bits per heavy atom. The van der Waals surface area contributed by atoms with Gasteiger partial charge in [-0.15, -0.1) is 24.0 Å². The fourth-order valence-electron chi connectivity index (χ4n) is 2.92. The Kier molecular flexibility index (Phi) is 11.1. The highest BCUT2D eigenvalue weighted by atomic mass is 127. The summed E-state index contributed by atoms with van der Waals surface area (Å²) in [6.07, 6.45) is 3.36. The Labute approximate surface area is 174 Å². The summed E-state index contributed by atoms with van der Waals surface area (Å²) in [6.45, 7) is 10.9. The number of aliphatic imine (C=N–C) groups is 1. The van der Waals surface area contributed by atoms with Crippen LogP contribution in [-0.4, -0.2) is 54.8 Å². The summed E-state index contributed by atoms with van der Waals surface area (Å²) in [6, 6.07) is 0. The first-order valence-corrected chi connectivity index (χ1v) is 9.32. The first-order valence-electron chi connectivity index (χ1n) is 9.32. The number of hydrogen-bond acceptors (Lipinski definition) is 4. The van der Waals surface area contributed by atoms with E-state index in [0.29, 0.717) is 12.6 Å². The van der Waals surface area contributed by atoms with Gasteiger partial charge in [-0.2, -0.15) is 5.10 Å². The lowest BCUT2D eigenvalue weighted by Gasteiger charge is -2.22. The molecule has 0 atom stereocenters. The highest BCUT2D eigenvalue weighted by Gasteiger charge is 2.13. The molecule has 0 bridgehead atoms. The van der Waals surface area contributed by atoms with E-state index in [2.05, 4.69) is 34.6 Å². The van der Waals surface area contributed by atoms with Gasteiger partial charge in [0.15, 0.2) is 5.96 Å². The molecule has 2 rings (SSSR count). The predicted octanol–water partition coefficient (Wildman–Crippen LogP) is 2.30. The second kappa shape index (κ2) is 12.5. The second-order valence-corrected chi connectivity index (χ2v) is 6.43.